The molecule has 42 heavy (non-hydrogen) atoms. The number of aromatic nitrogens is 4. The number of ether oxygens (including phenoxy) is 2. The van der Waals surface area contributed by atoms with Gasteiger partial charge in [0.25, 0.3) is 0 Å². The Kier molecular flexibility index (Phi) is 11.2. The van der Waals surface area contributed by atoms with Crippen LogP contribution in [0.1, 0.15) is 13.8 Å². The second kappa shape index (κ2) is 15.0. The number of carbonyl (C=O) groups is 2. The zero-order valence-corrected chi connectivity index (χ0v) is 24.1. The summed E-state index contributed by atoms with van der Waals surface area (Å²) < 4.78 is 10.6. The van der Waals surface area contributed by atoms with Crippen molar-refractivity contribution in [1.82, 2.24) is 19.9 Å². The van der Waals surface area contributed by atoms with Crippen LogP contribution < -0.4 is 24.2 Å². The lowest BCUT2D eigenvalue weighted by Gasteiger charge is -2.20. The van der Waals surface area contributed by atoms with Crippen LogP contribution in [0.2, 0.25) is 5.15 Å². The van der Waals surface area contributed by atoms with Crippen LogP contribution >= 0.6 is 11.6 Å². The van der Waals surface area contributed by atoms with Gasteiger partial charge in [0.15, 0.2) is 0 Å². The van der Waals surface area contributed by atoms with Crippen molar-refractivity contribution in [1.29, 1.82) is 0 Å². The van der Waals surface area contributed by atoms with Crippen LogP contribution in [0.4, 0.5) is 38.7 Å². The third kappa shape index (κ3) is 8.41. The highest BCUT2D eigenvalue weighted by atomic mass is 35.5. The zero-order valence-electron chi connectivity index (χ0n) is 23.4. The molecule has 0 aliphatic heterocycles. The molecule has 2 N–H and O–H groups in total. The summed E-state index contributed by atoms with van der Waals surface area (Å²) in [6.45, 7) is 4.46. The Morgan fingerprint density at radius 1 is 0.714 bits per heavy atom. The lowest BCUT2D eigenvalue weighted by atomic mass is 10.3. The number of para-hydroxylation sites is 2. The maximum Gasteiger partial charge on any atom is 0.418 e. The average Bonchev–Trinajstić information content (AvgIpc) is 2.94. The van der Waals surface area contributed by atoms with Crippen molar-refractivity contribution in [3.05, 3.63) is 77.9 Å². The highest BCUT2D eigenvalue weighted by molar-refractivity contribution is 6.29. The van der Waals surface area contributed by atoms with Crippen molar-refractivity contribution in [2.45, 2.75) is 13.8 Å². The second-order valence-electron chi connectivity index (χ2n) is 8.36. The van der Waals surface area contributed by atoms with Crippen LogP contribution in [0.3, 0.4) is 0 Å². The molecule has 220 valence electrons. The maximum absolute atomic E-state index is 11.6. The molecule has 0 atom stereocenters. The van der Waals surface area contributed by atoms with E-state index in [1.807, 2.05) is 27.1 Å². The molecule has 0 aliphatic rings. The number of hydrogen-bond donors (Lipinski definition) is 2. The van der Waals surface area contributed by atoms with Gasteiger partial charge in [0.1, 0.15) is 11.0 Å². The Bertz CT molecular complexity index is 1480. The van der Waals surface area contributed by atoms with Gasteiger partial charge < -0.3 is 24.6 Å². The van der Waals surface area contributed by atoms with Gasteiger partial charge in [-0.1, -0.05) is 48.0 Å². The van der Waals surface area contributed by atoms with Gasteiger partial charge in [0, 0.05) is 26.2 Å². The number of benzene rings is 2. The van der Waals surface area contributed by atoms with Crippen molar-refractivity contribution in [2.75, 3.05) is 42.0 Å². The summed E-state index contributed by atoms with van der Waals surface area (Å²) in [5, 5.41) is 19.0. The summed E-state index contributed by atoms with van der Waals surface area (Å²) in [7, 11) is 3.63. The lowest BCUT2D eigenvalue weighted by molar-refractivity contribution is 0.203. The highest BCUT2D eigenvalue weighted by Crippen LogP contribution is 2.27. The number of nitrogens with zero attached hydrogens (tertiary/aromatic N) is 7. The molecule has 2 aromatic carbocycles. The van der Waals surface area contributed by atoms with E-state index >= 15 is 0 Å². The van der Waals surface area contributed by atoms with E-state index in [0.717, 1.165) is 9.80 Å². The second-order valence-corrected chi connectivity index (χ2v) is 8.75. The quantitative estimate of drug-likeness (QED) is 0.215. The molecule has 0 unspecified atom stereocenters. The summed E-state index contributed by atoms with van der Waals surface area (Å²) >= 11 is 5.87. The fraction of sp³-hybridized carbons (Fsp3) is 0.214. The third-order valence-corrected chi connectivity index (χ3v) is 5.38. The van der Waals surface area contributed by atoms with E-state index in [1.54, 1.807) is 72.5 Å². The minimum Gasteiger partial charge on any atom is -0.478 e. The first-order valence-corrected chi connectivity index (χ1v) is 13.0. The van der Waals surface area contributed by atoms with Crippen molar-refractivity contribution in [3.8, 4) is 11.8 Å². The summed E-state index contributed by atoms with van der Waals surface area (Å²) in [5.41, 5.74) is 0.887. The normalized spacial score (nSPS) is 10.1. The molecule has 0 spiro atoms. The summed E-state index contributed by atoms with van der Waals surface area (Å²) in [4.78, 5) is 43.3. The molecule has 0 fully saturated rings. The predicted octanol–water partition coefficient (Wildman–Crippen LogP) is 6.10. The van der Waals surface area contributed by atoms with Gasteiger partial charge in [-0.25, -0.2) is 19.4 Å². The maximum atomic E-state index is 11.6. The molecule has 14 heteroatoms. The lowest BCUT2D eigenvalue weighted by Crippen LogP contribution is -2.26. The van der Waals surface area contributed by atoms with Gasteiger partial charge in [-0.05, 0) is 38.1 Å². The molecular formula is C28H30ClN7O6. The first-order chi connectivity index (χ1) is 20.1. The molecule has 2 aromatic heterocycles. The van der Waals surface area contributed by atoms with Crippen molar-refractivity contribution >= 4 is 52.9 Å². The van der Waals surface area contributed by atoms with Crippen LogP contribution in [0.5, 0.6) is 11.8 Å². The SMILES string of the molecule is CCOc1cc(Cl)nc(N(C(=O)O)c2ccccc2)n1.CCOc1cc(N(C)C)nc(N(C(=O)O)c2ccccc2)n1. The van der Waals surface area contributed by atoms with Gasteiger partial charge in [0.2, 0.25) is 23.7 Å². The summed E-state index contributed by atoms with van der Waals surface area (Å²) in [5.74, 6) is 1.12. The Morgan fingerprint density at radius 3 is 1.55 bits per heavy atom. The third-order valence-electron chi connectivity index (χ3n) is 5.19. The highest BCUT2D eigenvalue weighted by Gasteiger charge is 2.22. The number of rotatable bonds is 9. The minimum atomic E-state index is -1.21. The van der Waals surface area contributed by atoms with Gasteiger partial charge in [0.05, 0.1) is 24.6 Å². The Labute approximate surface area is 247 Å². The molecule has 0 saturated heterocycles. The monoisotopic (exact) mass is 595 g/mol. The van der Waals surface area contributed by atoms with Crippen molar-refractivity contribution in [3.63, 3.8) is 0 Å². The van der Waals surface area contributed by atoms with Crippen LogP contribution in [0.25, 0.3) is 0 Å². The zero-order chi connectivity index (χ0) is 30.6. The van der Waals surface area contributed by atoms with Gasteiger partial charge in [-0.15, -0.1) is 0 Å². The number of halogens is 1. The van der Waals surface area contributed by atoms with E-state index in [9.17, 15) is 19.8 Å². The van der Waals surface area contributed by atoms with Crippen LogP contribution in [-0.4, -0.2) is 69.6 Å². The number of carboxylic acid groups (broad SMARTS) is 2. The largest absolute Gasteiger partial charge is 0.478 e. The van der Waals surface area contributed by atoms with Crippen molar-refractivity contribution < 1.29 is 29.3 Å². The van der Waals surface area contributed by atoms with E-state index in [2.05, 4.69) is 19.9 Å². The van der Waals surface area contributed by atoms with Gasteiger partial charge >= 0.3 is 12.2 Å². The average molecular weight is 596 g/mol. The van der Waals surface area contributed by atoms with Crippen LogP contribution in [0.15, 0.2) is 72.8 Å². The van der Waals surface area contributed by atoms with E-state index in [1.165, 1.54) is 6.07 Å². The topological polar surface area (TPSA) is 154 Å². The molecule has 0 radical (unpaired) electrons. The molecule has 13 nitrogen and oxygen atoms in total. The fourth-order valence-electron chi connectivity index (χ4n) is 3.44. The standard InChI is InChI=1S/C15H18N4O3.C13H12ClN3O3/c1-4-22-13-10-12(18(2)3)16-14(17-13)19(15(20)21)11-8-6-5-7-9-11;1-2-20-11-8-10(14)15-12(16-11)17(13(18)19)9-6-4-3-5-7-9/h5-10H,4H2,1-3H3,(H,20,21);3-8H,2H2,1H3,(H,18,19). The first-order valence-electron chi connectivity index (χ1n) is 12.7. The Morgan fingerprint density at radius 2 is 1.14 bits per heavy atom. The van der Waals surface area contributed by atoms with Crippen LogP contribution in [0, 0.1) is 0 Å². The number of amides is 2. The summed E-state index contributed by atoms with van der Waals surface area (Å²) in [6.07, 6.45) is -2.37. The Hall–Kier alpha value is -5.17. The Balaban J connectivity index is 0.000000231. The van der Waals surface area contributed by atoms with E-state index in [-0.39, 0.29) is 22.9 Å². The fourth-order valence-corrected chi connectivity index (χ4v) is 3.61. The van der Waals surface area contributed by atoms with Gasteiger partial charge in [-0.3, -0.25) is 0 Å². The molecule has 4 rings (SSSR count). The minimum absolute atomic E-state index is 0.0494. The summed E-state index contributed by atoms with van der Waals surface area (Å²) in [6, 6.07) is 20.3. The first kappa shape index (κ1) is 31.4. The number of anilines is 5. The molecular weight excluding hydrogens is 566 g/mol. The van der Waals surface area contributed by atoms with E-state index < -0.39 is 12.2 Å². The molecule has 4 aromatic rings. The molecule has 0 bridgehead atoms. The molecule has 0 saturated carbocycles. The smallest absolute Gasteiger partial charge is 0.418 e. The number of hydrogen-bond acceptors (Lipinski definition) is 9. The van der Waals surface area contributed by atoms with E-state index in [4.69, 9.17) is 21.1 Å². The molecule has 2 heterocycles. The van der Waals surface area contributed by atoms with Crippen molar-refractivity contribution in [2.24, 2.45) is 0 Å². The molecule has 2 amide bonds. The predicted molar refractivity (Wildman–Crippen MR) is 159 cm³/mol. The molecule has 0 aliphatic carbocycles. The van der Waals surface area contributed by atoms with Gasteiger partial charge in [-0.2, -0.15) is 19.9 Å². The van der Waals surface area contributed by atoms with Crippen LogP contribution in [-0.2, 0) is 0 Å². The van der Waals surface area contributed by atoms with E-state index in [0.29, 0.717) is 36.3 Å².